The van der Waals surface area contributed by atoms with Crippen LogP contribution in [-0.2, 0) is 19.2 Å². The van der Waals surface area contributed by atoms with Crippen molar-refractivity contribution >= 4 is 23.9 Å². The van der Waals surface area contributed by atoms with Crippen molar-refractivity contribution in [2.24, 2.45) is 0 Å². The molecule has 5 N–H and O–H groups in total. The highest BCUT2D eigenvalue weighted by Crippen LogP contribution is 2.15. The standard InChI is InChI=1S/C6H8O7.C2HF3O2/c7-3(8)1-6(13,5(11)12)2-4(9)10;3-2(4,5)1(6)7/h13H,1-2H2,(H,7,8)(H,9,10)(H,11,12);(H,6,7). The van der Waals surface area contributed by atoms with E-state index in [0.29, 0.717) is 0 Å². The van der Waals surface area contributed by atoms with E-state index in [2.05, 4.69) is 0 Å². The molecule has 0 atom stereocenters. The molecule has 0 saturated heterocycles. The second kappa shape index (κ2) is 7.28. The van der Waals surface area contributed by atoms with Gasteiger partial charge in [-0.1, -0.05) is 0 Å². The van der Waals surface area contributed by atoms with Gasteiger partial charge in [0.15, 0.2) is 5.60 Å². The Morgan fingerprint density at radius 3 is 1.10 bits per heavy atom. The molecule has 0 unspecified atom stereocenters. The van der Waals surface area contributed by atoms with Crippen LogP contribution in [0.1, 0.15) is 12.8 Å². The lowest BCUT2D eigenvalue weighted by Crippen LogP contribution is -2.42. The van der Waals surface area contributed by atoms with Gasteiger partial charge in [-0.05, 0) is 0 Å². The van der Waals surface area contributed by atoms with Crippen LogP contribution in [0.3, 0.4) is 0 Å². The molecule has 0 aromatic heterocycles. The fourth-order valence-electron chi connectivity index (χ4n) is 0.714. The summed E-state index contributed by atoms with van der Waals surface area (Å²) in [7, 11) is 0. The fraction of sp³-hybridized carbons (Fsp3) is 0.500. The van der Waals surface area contributed by atoms with Crippen LogP contribution in [0.4, 0.5) is 13.2 Å². The van der Waals surface area contributed by atoms with E-state index in [1.807, 2.05) is 0 Å². The minimum absolute atomic E-state index is 1.14. The SMILES string of the molecule is O=C(O)C(F)(F)F.O=C(O)CC(O)(CC(=O)O)C(=O)O. The lowest BCUT2D eigenvalue weighted by atomic mass is 9.96. The third kappa shape index (κ3) is 8.68. The van der Waals surface area contributed by atoms with Gasteiger partial charge in [-0.2, -0.15) is 13.2 Å². The predicted molar refractivity (Wildman–Crippen MR) is 50.8 cm³/mol. The Bertz CT molecular complexity index is 384. The first-order valence-electron chi connectivity index (χ1n) is 4.42. The Morgan fingerprint density at radius 1 is 0.750 bits per heavy atom. The minimum Gasteiger partial charge on any atom is -0.481 e. The van der Waals surface area contributed by atoms with Gasteiger partial charge >= 0.3 is 30.1 Å². The maximum Gasteiger partial charge on any atom is 0.490 e. The summed E-state index contributed by atoms with van der Waals surface area (Å²) < 4.78 is 31.7. The molecule has 116 valence electrons. The van der Waals surface area contributed by atoms with Crippen LogP contribution in [-0.4, -0.2) is 61.2 Å². The van der Waals surface area contributed by atoms with Gasteiger partial charge in [-0.15, -0.1) is 0 Å². The maximum atomic E-state index is 10.6. The zero-order chi connectivity index (χ0) is 16.7. The smallest absolute Gasteiger partial charge is 0.481 e. The van der Waals surface area contributed by atoms with E-state index in [4.69, 9.17) is 30.3 Å². The molecular formula is C8H9F3O9. The number of carboxylic acid groups (broad SMARTS) is 4. The topological polar surface area (TPSA) is 169 Å². The molecule has 20 heavy (non-hydrogen) atoms. The van der Waals surface area contributed by atoms with Gasteiger partial charge in [0.2, 0.25) is 0 Å². The molecule has 0 amide bonds. The normalized spacial score (nSPS) is 11.0. The molecule has 0 aliphatic heterocycles. The monoisotopic (exact) mass is 306 g/mol. The first-order valence-corrected chi connectivity index (χ1v) is 4.42. The van der Waals surface area contributed by atoms with Gasteiger partial charge in [0.25, 0.3) is 0 Å². The number of hydrogen-bond acceptors (Lipinski definition) is 5. The quantitative estimate of drug-likeness (QED) is 0.444. The number of hydrogen-bond donors (Lipinski definition) is 5. The molecule has 0 fully saturated rings. The lowest BCUT2D eigenvalue weighted by molar-refractivity contribution is -0.192. The zero-order valence-corrected chi connectivity index (χ0v) is 9.42. The summed E-state index contributed by atoms with van der Waals surface area (Å²) in [5.41, 5.74) is -2.74. The summed E-state index contributed by atoms with van der Waals surface area (Å²) >= 11 is 0. The third-order valence-electron chi connectivity index (χ3n) is 1.53. The zero-order valence-electron chi connectivity index (χ0n) is 9.42. The van der Waals surface area contributed by atoms with E-state index in [1.54, 1.807) is 0 Å². The lowest BCUT2D eigenvalue weighted by Gasteiger charge is -2.18. The number of aliphatic carboxylic acids is 4. The van der Waals surface area contributed by atoms with Crippen LogP contribution in [0.5, 0.6) is 0 Å². The Labute approximate surface area is 107 Å². The molecule has 0 bridgehead atoms. The summed E-state index contributed by atoms with van der Waals surface area (Å²) in [6, 6.07) is 0. The highest BCUT2D eigenvalue weighted by molar-refractivity contribution is 5.88. The van der Waals surface area contributed by atoms with Gasteiger partial charge in [-0.25, -0.2) is 9.59 Å². The molecule has 0 aliphatic rings. The summed E-state index contributed by atoms with van der Waals surface area (Å²) in [6.07, 6.45) is -7.37. The number of rotatable bonds is 5. The van der Waals surface area contributed by atoms with Crippen molar-refractivity contribution in [1.29, 1.82) is 0 Å². The Hall–Kier alpha value is -2.37. The Morgan fingerprint density at radius 2 is 1.00 bits per heavy atom. The molecule has 0 rings (SSSR count). The van der Waals surface area contributed by atoms with Gasteiger partial charge in [0.1, 0.15) is 0 Å². The van der Waals surface area contributed by atoms with Gasteiger partial charge in [0, 0.05) is 0 Å². The van der Waals surface area contributed by atoms with Gasteiger partial charge in [0.05, 0.1) is 12.8 Å². The average Bonchev–Trinajstić information content (AvgIpc) is 2.13. The van der Waals surface area contributed by atoms with Crippen molar-refractivity contribution in [3.63, 3.8) is 0 Å². The summed E-state index contributed by atoms with van der Waals surface area (Å²) in [5.74, 6) is -7.78. The van der Waals surface area contributed by atoms with E-state index in [9.17, 15) is 27.6 Å². The molecule has 0 radical (unpaired) electrons. The van der Waals surface area contributed by atoms with Crippen LogP contribution < -0.4 is 0 Å². The van der Waals surface area contributed by atoms with Gasteiger partial charge < -0.3 is 25.5 Å². The number of carbonyl (C=O) groups is 4. The number of halogens is 3. The summed E-state index contributed by atoms with van der Waals surface area (Å²) in [6.45, 7) is 0. The van der Waals surface area contributed by atoms with Crippen molar-refractivity contribution < 1.29 is 57.9 Å². The van der Waals surface area contributed by atoms with Crippen molar-refractivity contribution in [2.75, 3.05) is 0 Å². The third-order valence-corrected chi connectivity index (χ3v) is 1.53. The average molecular weight is 306 g/mol. The molecule has 9 nitrogen and oxygen atoms in total. The van der Waals surface area contributed by atoms with E-state index >= 15 is 0 Å². The van der Waals surface area contributed by atoms with E-state index in [-0.39, 0.29) is 0 Å². The van der Waals surface area contributed by atoms with Crippen LogP contribution in [0, 0.1) is 0 Å². The Kier molecular flexibility index (Phi) is 7.26. The van der Waals surface area contributed by atoms with Crippen molar-refractivity contribution in [3.05, 3.63) is 0 Å². The van der Waals surface area contributed by atoms with Crippen molar-refractivity contribution in [2.45, 2.75) is 24.6 Å². The van der Waals surface area contributed by atoms with Gasteiger partial charge in [-0.3, -0.25) is 9.59 Å². The largest absolute Gasteiger partial charge is 0.490 e. The van der Waals surface area contributed by atoms with Crippen LogP contribution in [0.15, 0.2) is 0 Å². The second-order valence-corrected chi connectivity index (χ2v) is 3.28. The van der Waals surface area contributed by atoms with Crippen LogP contribution in [0.2, 0.25) is 0 Å². The molecule has 0 aromatic carbocycles. The molecule has 12 heteroatoms. The van der Waals surface area contributed by atoms with Crippen molar-refractivity contribution in [3.8, 4) is 0 Å². The van der Waals surface area contributed by atoms with Crippen molar-refractivity contribution in [1.82, 2.24) is 0 Å². The summed E-state index contributed by atoms with van der Waals surface area (Å²) in [5, 5.41) is 40.9. The number of carboxylic acids is 4. The maximum absolute atomic E-state index is 10.6. The second-order valence-electron chi connectivity index (χ2n) is 3.28. The molecule has 0 aromatic rings. The highest BCUT2D eigenvalue weighted by Gasteiger charge is 2.40. The number of aliphatic hydroxyl groups is 1. The Balaban J connectivity index is 0. The van der Waals surface area contributed by atoms with E-state index in [0.717, 1.165) is 0 Å². The molecule has 0 spiro atoms. The van der Waals surface area contributed by atoms with Crippen LogP contribution >= 0.6 is 0 Å². The number of alkyl halides is 3. The molecule has 0 heterocycles. The van der Waals surface area contributed by atoms with E-state index < -0.39 is 48.5 Å². The minimum atomic E-state index is -5.08. The predicted octanol–water partition coefficient (Wildman–Crippen LogP) is -0.615. The first-order chi connectivity index (χ1) is 8.72. The van der Waals surface area contributed by atoms with Crippen LogP contribution in [0.25, 0.3) is 0 Å². The first kappa shape index (κ1) is 20.0. The highest BCUT2D eigenvalue weighted by atomic mass is 19.4. The van der Waals surface area contributed by atoms with E-state index in [1.165, 1.54) is 0 Å². The fourth-order valence-corrected chi connectivity index (χ4v) is 0.714. The summed E-state index contributed by atoms with van der Waals surface area (Å²) in [4.78, 5) is 39.4. The molecule has 0 saturated carbocycles. The molecular weight excluding hydrogens is 297 g/mol. The molecule has 0 aliphatic carbocycles.